The number of hydrogen-bond donors (Lipinski definition) is 1. The minimum Gasteiger partial charge on any atom is -0.497 e. The number of amides is 1. The molecule has 138 valence electrons. The summed E-state index contributed by atoms with van der Waals surface area (Å²) in [7, 11) is 1.58. The van der Waals surface area contributed by atoms with Crippen molar-refractivity contribution in [3.05, 3.63) is 76.6 Å². The van der Waals surface area contributed by atoms with Crippen molar-refractivity contribution in [1.29, 1.82) is 0 Å². The van der Waals surface area contributed by atoms with Crippen molar-refractivity contribution in [3.63, 3.8) is 0 Å². The van der Waals surface area contributed by atoms with Gasteiger partial charge in [-0.15, -0.1) is 0 Å². The SMILES string of the molecule is COc1ccc(NC(=O)[C@H](C)n2nc(-c3ccc(C)cc3)ccc2=O)cc1. The fourth-order valence-corrected chi connectivity index (χ4v) is 2.61. The van der Waals surface area contributed by atoms with E-state index in [0.29, 0.717) is 17.1 Å². The number of ether oxygens (including phenoxy) is 1. The number of carbonyl (C=O) groups excluding carboxylic acids is 1. The Morgan fingerprint density at radius 1 is 1.04 bits per heavy atom. The second-order valence-corrected chi connectivity index (χ2v) is 6.26. The van der Waals surface area contributed by atoms with Gasteiger partial charge >= 0.3 is 0 Å². The molecule has 6 heteroatoms. The molecule has 0 saturated carbocycles. The summed E-state index contributed by atoms with van der Waals surface area (Å²) in [5.41, 5.74) is 2.95. The van der Waals surface area contributed by atoms with E-state index in [1.165, 1.54) is 10.7 Å². The highest BCUT2D eigenvalue weighted by atomic mass is 16.5. The first-order valence-electron chi connectivity index (χ1n) is 8.60. The Morgan fingerprint density at radius 3 is 2.33 bits per heavy atom. The molecule has 1 atom stereocenters. The fourth-order valence-electron chi connectivity index (χ4n) is 2.61. The van der Waals surface area contributed by atoms with E-state index < -0.39 is 6.04 Å². The molecule has 1 N–H and O–H groups in total. The quantitative estimate of drug-likeness (QED) is 0.754. The maximum Gasteiger partial charge on any atom is 0.267 e. The molecule has 0 radical (unpaired) electrons. The fraction of sp³-hybridized carbons (Fsp3) is 0.190. The summed E-state index contributed by atoms with van der Waals surface area (Å²) in [6, 6.07) is 17.2. The van der Waals surface area contributed by atoms with Crippen molar-refractivity contribution in [2.75, 3.05) is 12.4 Å². The molecule has 2 aromatic carbocycles. The predicted octanol–water partition coefficient (Wildman–Crippen LogP) is 3.43. The van der Waals surface area contributed by atoms with Crippen LogP contribution in [0.1, 0.15) is 18.5 Å². The van der Waals surface area contributed by atoms with E-state index in [2.05, 4.69) is 10.4 Å². The lowest BCUT2D eigenvalue weighted by atomic mass is 10.1. The van der Waals surface area contributed by atoms with Crippen LogP contribution in [0.5, 0.6) is 5.75 Å². The Hall–Kier alpha value is -3.41. The zero-order chi connectivity index (χ0) is 19.4. The van der Waals surface area contributed by atoms with Gasteiger partial charge in [0.2, 0.25) is 5.91 Å². The van der Waals surface area contributed by atoms with Crippen molar-refractivity contribution >= 4 is 11.6 Å². The number of aromatic nitrogens is 2. The molecule has 3 aromatic rings. The van der Waals surface area contributed by atoms with Crippen LogP contribution in [-0.2, 0) is 4.79 Å². The number of nitrogens with zero attached hydrogens (tertiary/aromatic N) is 2. The summed E-state index contributed by atoms with van der Waals surface area (Å²) < 4.78 is 6.30. The summed E-state index contributed by atoms with van der Waals surface area (Å²) in [5.74, 6) is 0.376. The van der Waals surface area contributed by atoms with Gasteiger partial charge in [0.05, 0.1) is 12.8 Å². The van der Waals surface area contributed by atoms with Crippen LogP contribution in [0, 0.1) is 6.92 Å². The van der Waals surface area contributed by atoms with Crippen LogP contribution in [0.15, 0.2) is 65.5 Å². The number of nitrogens with one attached hydrogen (secondary N) is 1. The largest absolute Gasteiger partial charge is 0.497 e. The standard InChI is InChI=1S/C21H21N3O3/c1-14-4-6-16(7-5-14)19-12-13-20(25)24(23-19)15(2)21(26)22-17-8-10-18(27-3)11-9-17/h4-13,15H,1-3H3,(H,22,26)/t15-/m0/s1. The van der Waals surface area contributed by atoms with Crippen LogP contribution in [0.25, 0.3) is 11.3 Å². The van der Waals surface area contributed by atoms with Gasteiger partial charge in [0.25, 0.3) is 5.56 Å². The van der Waals surface area contributed by atoms with Gasteiger partial charge in [0.15, 0.2) is 0 Å². The van der Waals surface area contributed by atoms with Crippen molar-refractivity contribution in [2.24, 2.45) is 0 Å². The summed E-state index contributed by atoms with van der Waals surface area (Å²) in [6.45, 7) is 3.65. The smallest absolute Gasteiger partial charge is 0.267 e. The second-order valence-electron chi connectivity index (χ2n) is 6.26. The molecule has 0 fully saturated rings. The van der Waals surface area contributed by atoms with Crippen LogP contribution in [-0.4, -0.2) is 22.8 Å². The first kappa shape index (κ1) is 18.4. The molecule has 0 saturated heterocycles. The summed E-state index contributed by atoms with van der Waals surface area (Å²) in [4.78, 5) is 24.8. The average molecular weight is 363 g/mol. The van der Waals surface area contributed by atoms with E-state index in [0.717, 1.165) is 11.1 Å². The highest BCUT2D eigenvalue weighted by Gasteiger charge is 2.18. The molecular formula is C21H21N3O3. The molecule has 0 aliphatic heterocycles. The Balaban J connectivity index is 1.83. The predicted molar refractivity (Wildman–Crippen MR) is 105 cm³/mol. The van der Waals surface area contributed by atoms with Crippen molar-refractivity contribution < 1.29 is 9.53 Å². The van der Waals surface area contributed by atoms with E-state index in [1.807, 2.05) is 31.2 Å². The normalized spacial score (nSPS) is 11.7. The van der Waals surface area contributed by atoms with Gasteiger partial charge in [-0.3, -0.25) is 9.59 Å². The topological polar surface area (TPSA) is 73.2 Å². The molecule has 1 amide bonds. The highest BCUT2D eigenvalue weighted by Crippen LogP contribution is 2.18. The Labute approximate surface area is 157 Å². The summed E-state index contributed by atoms with van der Waals surface area (Å²) in [5, 5.41) is 7.18. The van der Waals surface area contributed by atoms with Gasteiger partial charge in [0.1, 0.15) is 11.8 Å². The van der Waals surface area contributed by atoms with Crippen molar-refractivity contribution in [2.45, 2.75) is 19.9 Å². The number of rotatable bonds is 5. The maximum atomic E-state index is 12.6. The molecule has 0 unspecified atom stereocenters. The molecule has 3 rings (SSSR count). The lowest BCUT2D eigenvalue weighted by molar-refractivity contribution is -0.119. The summed E-state index contributed by atoms with van der Waals surface area (Å²) in [6.07, 6.45) is 0. The van der Waals surface area contributed by atoms with E-state index >= 15 is 0 Å². The molecule has 6 nitrogen and oxygen atoms in total. The van der Waals surface area contributed by atoms with E-state index in [4.69, 9.17) is 4.74 Å². The number of methoxy groups -OCH3 is 1. The summed E-state index contributed by atoms with van der Waals surface area (Å²) >= 11 is 0. The first-order valence-corrected chi connectivity index (χ1v) is 8.60. The zero-order valence-corrected chi connectivity index (χ0v) is 15.5. The molecule has 0 aliphatic rings. The van der Waals surface area contributed by atoms with Crippen molar-refractivity contribution in [1.82, 2.24) is 9.78 Å². The highest BCUT2D eigenvalue weighted by molar-refractivity contribution is 5.93. The minimum atomic E-state index is -0.759. The van der Waals surface area contributed by atoms with Gasteiger partial charge in [-0.1, -0.05) is 29.8 Å². The Morgan fingerprint density at radius 2 is 1.70 bits per heavy atom. The molecule has 0 bridgehead atoms. The first-order chi connectivity index (χ1) is 13.0. The van der Waals surface area contributed by atoms with Gasteiger partial charge < -0.3 is 10.1 Å². The number of anilines is 1. The molecule has 0 spiro atoms. The van der Waals surface area contributed by atoms with Crippen LogP contribution in [0.3, 0.4) is 0 Å². The third-order valence-electron chi connectivity index (χ3n) is 4.28. The van der Waals surface area contributed by atoms with Gasteiger partial charge in [-0.05, 0) is 44.2 Å². The molecule has 27 heavy (non-hydrogen) atoms. The average Bonchev–Trinajstić information content (AvgIpc) is 2.69. The molecule has 1 heterocycles. The molecule has 0 aliphatic carbocycles. The second kappa shape index (κ2) is 7.86. The number of benzene rings is 2. The lowest BCUT2D eigenvalue weighted by Crippen LogP contribution is -2.33. The van der Waals surface area contributed by atoms with Crippen LogP contribution < -0.4 is 15.6 Å². The Kier molecular flexibility index (Phi) is 5.35. The van der Waals surface area contributed by atoms with E-state index in [-0.39, 0.29) is 11.5 Å². The number of aryl methyl sites for hydroxylation is 1. The van der Waals surface area contributed by atoms with Gasteiger partial charge in [-0.25, -0.2) is 4.68 Å². The number of carbonyl (C=O) groups is 1. The van der Waals surface area contributed by atoms with E-state index in [9.17, 15) is 9.59 Å². The third-order valence-corrected chi connectivity index (χ3v) is 4.28. The van der Waals surface area contributed by atoms with E-state index in [1.54, 1.807) is 44.4 Å². The third kappa shape index (κ3) is 4.23. The minimum absolute atomic E-state index is 0.323. The van der Waals surface area contributed by atoms with Gasteiger partial charge in [-0.2, -0.15) is 5.10 Å². The molecule has 1 aromatic heterocycles. The Bertz CT molecular complexity index is 992. The number of hydrogen-bond acceptors (Lipinski definition) is 4. The monoisotopic (exact) mass is 363 g/mol. The lowest BCUT2D eigenvalue weighted by Gasteiger charge is -2.15. The van der Waals surface area contributed by atoms with Crippen molar-refractivity contribution in [3.8, 4) is 17.0 Å². The van der Waals surface area contributed by atoms with Crippen LogP contribution in [0.2, 0.25) is 0 Å². The van der Waals surface area contributed by atoms with Gasteiger partial charge in [0, 0.05) is 17.3 Å². The van der Waals surface area contributed by atoms with Crippen LogP contribution in [0.4, 0.5) is 5.69 Å². The maximum absolute atomic E-state index is 12.6. The molecular weight excluding hydrogens is 342 g/mol. The van der Waals surface area contributed by atoms with Crippen LogP contribution >= 0.6 is 0 Å². The zero-order valence-electron chi connectivity index (χ0n) is 15.5.